The Hall–Kier alpha value is -2.40. The Balaban J connectivity index is 1.69. The molecule has 0 saturated carbocycles. The lowest BCUT2D eigenvalue weighted by Gasteiger charge is -2.20. The maximum atomic E-state index is 12.2. The van der Waals surface area contributed by atoms with Crippen molar-refractivity contribution in [3.05, 3.63) is 54.6 Å². The summed E-state index contributed by atoms with van der Waals surface area (Å²) in [6, 6.07) is 17.3. The van der Waals surface area contributed by atoms with Crippen LogP contribution >= 0.6 is 12.2 Å². The lowest BCUT2D eigenvalue weighted by Crippen LogP contribution is -2.33. The first-order valence-corrected chi connectivity index (χ1v) is 8.54. The Kier molecular flexibility index (Phi) is 5.11. The maximum absolute atomic E-state index is 12.2. The molecule has 3 rings (SSSR count). The highest BCUT2D eigenvalue weighted by atomic mass is 32.1. The van der Waals surface area contributed by atoms with E-state index >= 15 is 0 Å². The number of unbranched alkanes of at least 4 members (excludes halogenated alkanes) is 1. The van der Waals surface area contributed by atoms with Crippen molar-refractivity contribution >= 4 is 28.9 Å². The van der Waals surface area contributed by atoms with Gasteiger partial charge in [-0.2, -0.15) is 0 Å². The van der Waals surface area contributed by atoms with Crippen molar-refractivity contribution < 1.29 is 9.53 Å². The van der Waals surface area contributed by atoms with Crippen molar-refractivity contribution in [3.8, 4) is 11.5 Å². The number of amides is 1. The van der Waals surface area contributed by atoms with Crippen LogP contribution < -0.4 is 9.64 Å². The van der Waals surface area contributed by atoms with Gasteiger partial charge in [0.05, 0.1) is 0 Å². The quantitative estimate of drug-likeness (QED) is 0.738. The van der Waals surface area contributed by atoms with Gasteiger partial charge >= 0.3 is 0 Å². The van der Waals surface area contributed by atoms with Crippen LogP contribution in [0.1, 0.15) is 19.8 Å². The summed E-state index contributed by atoms with van der Waals surface area (Å²) in [5.74, 6) is 1.62. The third-order valence-electron chi connectivity index (χ3n) is 3.92. The van der Waals surface area contributed by atoms with E-state index in [1.54, 1.807) is 4.90 Å². The highest BCUT2D eigenvalue weighted by Gasteiger charge is 2.32. The summed E-state index contributed by atoms with van der Waals surface area (Å²) >= 11 is 5.47. The minimum atomic E-state index is 0.0677. The Morgan fingerprint density at radius 3 is 2.38 bits per heavy atom. The molecular weight excluding hydrogens is 320 g/mol. The SMILES string of the molecule is CCCCN1C(=O)CN(c2ccc(Oc3ccccc3)cc2)C1=S. The number of carbonyl (C=O) groups is 1. The number of benzene rings is 2. The van der Waals surface area contributed by atoms with E-state index in [1.807, 2.05) is 59.5 Å². The van der Waals surface area contributed by atoms with E-state index < -0.39 is 0 Å². The molecule has 124 valence electrons. The van der Waals surface area contributed by atoms with Crippen LogP contribution in [0.15, 0.2) is 54.6 Å². The number of hydrogen-bond donors (Lipinski definition) is 0. The molecule has 0 radical (unpaired) electrons. The largest absolute Gasteiger partial charge is 0.457 e. The van der Waals surface area contributed by atoms with Crippen LogP contribution in [0.4, 0.5) is 5.69 Å². The van der Waals surface area contributed by atoms with Gasteiger partial charge in [-0.25, -0.2) is 0 Å². The number of ether oxygens (including phenoxy) is 1. The first kappa shape index (κ1) is 16.5. The zero-order valence-corrected chi connectivity index (χ0v) is 14.5. The molecule has 0 unspecified atom stereocenters. The van der Waals surface area contributed by atoms with E-state index in [0.717, 1.165) is 30.0 Å². The van der Waals surface area contributed by atoms with Crippen LogP contribution in [0.2, 0.25) is 0 Å². The number of hydrogen-bond acceptors (Lipinski definition) is 3. The van der Waals surface area contributed by atoms with Crippen LogP contribution in [-0.4, -0.2) is 29.0 Å². The Morgan fingerprint density at radius 2 is 1.71 bits per heavy atom. The number of carbonyl (C=O) groups excluding carboxylic acids is 1. The van der Waals surface area contributed by atoms with E-state index in [9.17, 15) is 4.79 Å². The Morgan fingerprint density at radius 1 is 1.04 bits per heavy atom. The predicted octanol–water partition coefficient (Wildman–Crippen LogP) is 4.21. The lowest BCUT2D eigenvalue weighted by molar-refractivity contribution is -0.124. The van der Waals surface area contributed by atoms with E-state index in [1.165, 1.54) is 0 Å². The van der Waals surface area contributed by atoms with Crippen molar-refractivity contribution in [3.63, 3.8) is 0 Å². The molecule has 1 aliphatic heterocycles. The van der Waals surface area contributed by atoms with Gasteiger partial charge in [0.15, 0.2) is 5.11 Å². The second kappa shape index (κ2) is 7.45. The van der Waals surface area contributed by atoms with Crippen LogP contribution in [0.5, 0.6) is 11.5 Å². The smallest absolute Gasteiger partial charge is 0.248 e. The van der Waals surface area contributed by atoms with Crippen molar-refractivity contribution in [1.29, 1.82) is 0 Å². The Labute approximate surface area is 147 Å². The zero-order valence-electron chi connectivity index (χ0n) is 13.6. The van der Waals surface area contributed by atoms with Crippen LogP contribution in [0.3, 0.4) is 0 Å². The molecule has 0 bridgehead atoms. The molecule has 1 aliphatic rings. The number of para-hydroxylation sites is 1. The van der Waals surface area contributed by atoms with E-state index in [2.05, 4.69) is 6.92 Å². The molecule has 0 spiro atoms. The third-order valence-corrected chi connectivity index (χ3v) is 4.36. The minimum absolute atomic E-state index is 0.0677. The Bertz CT molecular complexity index is 716. The fourth-order valence-electron chi connectivity index (χ4n) is 2.60. The van der Waals surface area contributed by atoms with Gasteiger partial charge < -0.3 is 9.64 Å². The van der Waals surface area contributed by atoms with Crippen molar-refractivity contribution in [1.82, 2.24) is 4.90 Å². The molecule has 0 aliphatic carbocycles. The van der Waals surface area contributed by atoms with E-state index in [4.69, 9.17) is 17.0 Å². The molecular formula is C19H20N2O2S. The number of thiocarbonyl (C=S) groups is 1. The topological polar surface area (TPSA) is 32.8 Å². The van der Waals surface area contributed by atoms with Gasteiger partial charge in [0.1, 0.15) is 18.0 Å². The summed E-state index contributed by atoms with van der Waals surface area (Å²) in [6.45, 7) is 3.11. The highest BCUT2D eigenvalue weighted by Crippen LogP contribution is 2.26. The van der Waals surface area contributed by atoms with Gasteiger partial charge in [0, 0.05) is 12.2 Å². The van der Waals surface area contributed by atoms with Crippen molar-refractivity contribution in [2.45, 2.75) is 19.8 Å². The van der Waals surface area contributed by atoms with Gasteiger partial charge in [-0.1, -0.05) is 31.5 Å². The molecule has 1 heterocycles. The van der Waals surface area contributed by atoms with Gasteiger partial charge in [0.25, 0.3) is 0 Å². The van der Waals surface area contributed by atoms with Gasteiger partial charge in [-0.15, -0.1) is 0 Å². The molecule has 0 aromatic heterocycles. The lowest BCUT2D eigenvalue weighted by atomic mass is 10.3. The molecule has 24 heavy (non-hydrogen) atoms. The summed E-state index contributed by atoms with van der Waals surface area (Å²) in [5.41, 5.74) is 0.910. The molecule has 2 aromatic rings. The molecule has 5 heteroatoms. The third kappa shape index (κ3) is 3.57. The van der Waals surface area contributed by atoms with Crippen LogP contribution in [0, 0.1) is 0 Å². The first-order chi connectivity index (χ1) is 11.7. The first-order valence-electron chi connectivity index (χ1n) is 8.14. The van der Waals surface area contributed by atoms with Gasteiger partial charge in [0.2, 0.25) is 5.91 Å². The van der Waals surface area contributed by atoms with Crippen LogP contribution in [-0.2, 0) is 4.79 Å². The van der Waals surface area contributed by atoms with Crippen molar-refractivity contribution in [2.75, 3.05) is 18.0 Å². The minimum Gasteiger partial charge on any atom is -0.457 e. The molecule has 4 nitrogen and oxygen atoms in total. The summed E-state index contributed by atoms with van der Waals surface area (Å²) in [6.07, 6.45) is 2.00. The summed E-state index contributed by atoms with van der Waals surface area (Å²) in [4.78, 5) is 15.7. The van der Waals surface area contributed by atoms with Gasteiger partial charge in [-0.05, 0) is 55.0 Å². The zero-order chi connectivity index (χ0) is 16.9. The highest BCUT2D eigenvalue weighted by molar-refractivity contribution is 7.80. The summed E-state index contributed by atoms with van der Waals surface area (Å²) in [7, 11) is 0. The summed E-state index contributed by atoms with van der Waals surface area (Å²) in [5, 5.41) is 0.588. The number of nitrogens with zero attached hydrogens (tertiary/aromatic N) is 2. The average Bonchev–Trinajstić information content (AvgIpc) is 2.89. The molecule has 1 amide bonds. The standard InChI is InChI=1S/C19H20N2O2S/c1-2-3-13-20-18(22)14-21(19(20)24)15-9-11-17(12-10-15)23-16-7-5-4-6-8-16/h4-12H,2-3,13-14H2,1H3. The predicted molar refractivity (Wildman–Crippen MR) is 99.5 cm³/mol. The maximum Gasteiger partial charge on any atom is 0.248 e. The van der Waals surface area contributed by atoms with Crippen molar-refractivity contribution in [2.24, 2.45) is 0 Å². The fraction of sp³-hybridized carbons (Fsp3) is 0.263. The molecule has 1 saturated heterocycles. The molecule has 0 atom stereocenters. The average molecular weight is 340 g/mol. The number of anilines is 1. The second-order valence-corrected chi connectivity index (χ2v) is 6.04. The monoisotopic (exact) mass is 340 g/mol. The fourth-order valence-corrected chi connectivity index (χ4v) is 2.96. The number of rotatable bonds is 6. The second-order valence-electron chi connectivity index (χ2n) is 5.68. The molecule has 2 aromatic carbocycles. The molecule has 1 fully saturated rings. The normalized spacial score (nSPS) is 14.4. The van der Waals surface area contributed by atoms with E-state index in [-0.39, 0.29) is 5.91 Å². The van der Waals surface area contributed by atoms with Crippen LogP contribution in [0.25, 0.3) is 0 Å². The van der Waals surface area contributed by atoms with E-state index in [0.29, 0.717) is 18.2 Å². The van der Waals surface area contributed by atoms with Gasteiger partial charge in [-0.3, -0.25) is 9.69 Å². The molecule has 0 N–H and O–H groups in total. The summed E-state index contributed by atoms with van der Waals surface area (Å²) < 4.78 is 5.79.